The third-order valence-electron chi connectivity index (χ3n) is 3.94. The van der Waals surface area contributed by atoms with Gasteiger partial charge in [-0.25, -0.2) is 24.7 Å². The Balaban J connectivity index is 1.72. The summed E-state index contributed by atoms with van der Waals surface area (Å²) in [5.41, 5.74) is 2.21. The summed E-state index contributed by atoms with van der Waals surface area (Å²) in [5.74, 6) is 0.487. The van der Waals surface area contributed by atoms with Gasteiger partial charge in [0.25, 0.3) is 0 Å². The molecule has 27 heavy (non-hydrogen) atoms. The van der Waals surface area contributed by atoms with E-state index in [9.17, 15) is 4.79 Å². The molecule has 2 amide bonds. The van der Waals surface area contributed by atoms with Crippen LogP contribution < -0.4 is 15.4 Å². The molecule has 1 aliphatic rings. The average Bonchev–Trinajstić information content (AvgIpc) is 3.31. The Morgan fingerprint density at radius 2 is 2.22 bits per heavy atom. The van der Waals surface area contributed by atoms with E-state index < -0.39 is 0 Å². The minimum Gasteiger partial charge on any atom is -0.471 e. The fourth-order valence-electron chi connectivity index (χ4n) is 2.70. The quantitative estimate of drug-likeness (QED) is 0.693. The topological polar surface area (TPSA) is 111 Å². The molecule has 1 atom stereocenters. The Morgan fingerprint density at radius 3 is 2.96 bits per heavy atom. The lowest BCUT2D eigenvalue weighted by molar-refractivity contribution is 0.139. The molecule has 4 rings (SSSR count). The van der Waals surface area contributed by atoms with Crippen molar-refractivity contribution in [2.75, 3.05) is 25.1 Å². The van der Waals surface area contributed by atoms with Gasteiger partial charge in [-0.2, -0.15) is 0 Å². The SMILES string of the molecule is CCNC(=O)Nc1nc2cc(-c3cncnc3)c(OC3CCOC3)nc2s1. The molecular formula is C17H18N6O3S. The number of nitrogens with one attached hydrogen (secondary N) is 2. The van der Waals surface area contributed by atoms with Gasteiger partial charge in [0, 0.05) is 36.5 Å². The highest BCUT2D eigenvalue weighted by Crippen LogP contribution is 2.35. The molecule has 140 valence electrons. The fourth-order valence-corrected chi connectivity index (χ4v) is 3.51. The monoisotopic (exact) mass is 386 g/mol. The molecule has 0 bridgehead atoms. The summed E-state index contributed by atoms with van der Waals surface area (Å²) in [6.07, 6.45) is 5.65. The summed E-state index contributed by atoms with van der Waals surface area (Å²) < 4.78 is 11.5. The number of nitrogens with zero attached hydrogens (tertiary/aromatic N) is 4. The van der Waals surface area contributed by atoms with Gasteiger partial charge < -0.3 is 14.8 Å². The van der Waals surface area contributed by atoms with Crippen molar-refractivity contribution in [1.29, 1.82) is 0 Å². The summed E-state index contributed by atoms with van der Waals surface area (Å²) in [4.78, 5) is 29.7. The number of aromatic nitrogens is 4. The van der Waals surface area contributed by atoms with Gasteiger partial charge in [0.1, 0.15) is 22.8 Å². The number of hydrogen-bond acceptors (Lipinski definition) is 8. The molecule has 0 spiro atoms. The van der Waals surface area contributed by atoms with Gasteiger partial charge in [-0.1, -0.05) is 11.3 Å². The first-order valence-corrected chi connectivity index (χ1v) is 9.41. The van der Waals surface area contributed by atoms with Crippen molar-refractivity contribution in [3.63, 3.8) is 0 Å². The van der Waals surface area contributed by atoms with E-state index in [4.69, 9.17) is 9.47 Å². The average molecular weight is 386 g/mol. The summed E-state index contributed by atoms with van der Waals surface area (Å²) in [7, 11) is 0. The maximum Gasteiger partial charge on any atom is 0.321 e. The number of hydrogen-bond donors (Lipinski definition) is 2. The van der Waals surface area contributed by atoms with Crippen LogP contribution >= 0.6 is 11.3 Å². The summed E-state index contributed by atoms with van der Waals surface area (Å²) in [6.45, 7) is 3.60. The molecule has 3 aromatic rings. The lowest BCUT2D eigenvalue weighted by Gasteiger charge is -2.14. The van der Waals surface area contributed by atoms with Crippen molar-refractivity contribution in [3.8, 4) is 17.0 Å². The normalized spacial score (nSPS) is 16.4. The number of pyridine rings is 1. The van der Waals surface area contributed by atoms with E-state index in [1.807, 2.05) is 13.0 Å². The highest BCUT2D eigenvalue weighted by molar-refractivity contribution is 7.22. The minimum atomic E-state index is -0.298. The molecule has 0 aromatic carbocycles. The summed E-state index contributed by atoms with van der Waals surface area (Å²) in [6, 6.07) is 1.58. The summed E-state index contributed by atoms with van der Waals surface area (Å²) in [5, 5.41) is 5.86. The lowest BCUT2D eigenvalue weighted by Crippen LogP contribution is -2.28. The molecule has 4 heterocycles. The first-order chi connectivity index (χ1) is 13.2. The number of ether oxygens (including phenoxy) is 2. The van der Waals surface area contributed by atoms with Crippen LogP contribution in [-0.4, -0.2) is 51.8 Å². The largest absolute Gasteiger partial charge is 0.471 e. The number of carbonyl (C=O) groups is 1. The smallest absolute Gasteiger partial charge is 0.321 e. The first-order valence-electron chi connectivity index (χ1n) is 8.59. The predicted octanol–water partition coefficient (Wildman–Crippen LogP) is 2.46. The lowest BCUT2D eigenvalue weighted by atomic mass is 10.1. The highest BCUT2D eigenvalue weighted by Gasteiger charge is 2.22. The van der Waals surface area contributed by atoms with Crippen LogP contribution in [0.4, 0.5) is 9.93 Å². The Hall–Kier alpha value is -2.85. The molecule has 0 radical (unpaired) electrons. The Kier molecular flexibility index (Phi) is 5.07. The van der Waals surface area contributed by atoms with E-state index in [1.54, 1.807) is 12.4 Å². The zero-order valence-corrected chi connectivity index (χ0v) is 15.5. The van der Waals surface area contributed by atoms with Crippen LogP contribution in [-0.2, 0) is 4.74 Å². The maximum atomic E-state index is 11.7. The second-order valence-corrected chi connectivity index (χ2v) is 6.88. The van der Waals surface area contributed by atoms with E-state index >= 15 is 0 Å². The van der Waals surface area contributed by atoms with Crippen molar-refractivity contribution in [2.24, 2.45) is 0 Å². The molecule has 0 saturated carbocycles. The fraction of sp³-hybridized carbons (Fsp3) is 0.353. The molecule has 1 unspecified atom stereocenters. The molecule has 10 heteroatoms. The van der Waals surface area contributed by atoms with Gasteiger partial charge in [-0.15, -0.1) is 0 Å². The van der Waals surface area contributed by atoms with Crippen LogP contribution in [0, 0.1) is 0 Å². The minimum absolute atomic E-state index is 0.0424. The second-order valence-electron chi connectivity index (χ2n) is 5.90. The van der Waals surface area contributed by atoms with Crippen LogP contribution in [0.25, 0.3) is 21.5 Å². The van der Waals surface area contributed by atoms with Crippen LogP contribution in [0.5, 0.6) is 5.88 Å². The van der Waals surface area contributed by atoms with E-state index in [-0.39, 0.29) is 12.1 Å². The van der Waals surface area contributed by atoms with Crippen molar-refractivity contribution in [1.82, 2.24) is 25.3 Å². The Bertz CT molecular complexity index is 942. The number of thiazole rings is 1. The van der Waals surface area contributed by atoms with E-state index in [0.717, 1.165) is 17.5 Å². The number of rotatable bonds is 5. The van der Waals surface area contributed by atoms with Gasteiger partial charge in [0.2, 0.25) is 5.88 Å². The van der Waals surface area contributed by atoms with Crippen LogP contribution in [0.2, 0.25) is 0 Å². The van der Waals surface area contributed by atoms with Gasteiger partial charge in [0.15, 0.2) is 5.13 Å². The van der Waals surface area contributed by atoms with Crippen molar-refractivity contribution >= 4 is 32.8 Å². The number of carbonyl (C=O) groups excluding carboxylic acids is 1. The Labute approximate surface area is 159 Å². The molecule has 1 fully saturated rings. The molecule has 9 nitrogen and oxygen atoms in total. The molecule has 3 aromatic heterocycles. The van der Waals surface area contributed by atoms with E-state index in [0.29, 0.717) is 41.1 Å². The molecule has 1 aliphatic heterocycles. The van der Waals surface area contributed by atoms with Crippen molar-refractivity contribution in [2.45, 2.75) is 19.4 Å². The molecule has 0 aliphatic carbocycles. The predicted molar refractivity (Wildman–Crippen MR) is 101 cm³/mol. The Morgan fingerprint density at radius 1 is 1.37 bits per heavy atom. The van der Waals surface area contributed by atoms with E-state index in [2.05, 4.69) is 30.6 Å². The number of fused-ring (bicyclic) bond motifs is 1. The maximum absolute atomic E-state index is 11.7. The van der Waals surface area contributed by atoms with Gasteiger partial charge in [-0.3, -0.25) is 5.32 Å². The number of anilines is 1. The van der Waals surface area contributed by atoms with Crippen molar-refractivity contribution < 1.29 is 14.3 Å². The first kappa shape index (κ1) is 17.6. The molecular weight excluding hydrogens is 368 g/mol. The van der Waals surface area contributed by atoms with Gasteiger partial charge in [-0.05, 0) is 13.0 Å². The van der Waals surface area contributed by atoms with Gasteiger partial charge in [0.05, 0.1) is 13.2 Å². The third-order valence-corrected chi connectivity index (χ3v) is 4.83. The zero-order chi connectivity index (χ0) is 18.6. The zero-order valence-electron chi connectivity index (χ0n) is 14.6. The van der Waals surface area contributed by atoms with Crippen LogP contribution in [0.1, 0.15) is 13.3 Å². The number of amides is 2. The highest BCUT2D eigenvalue weighted by atomic mass is 32.1. The third kappa shape index (κ3) is 3.96. The van der Waals surface area contributed by atoms with Crippen molar-refractivity contribution in [3.05, 3.63) is 24.8 Å². The molecule has 1 saturated heterocycles. The van der Waals surface area contributed by atoms with E-state index in [1.165, 1.54) is 17.7 Å². The van der Waals surface area contributed by atoms with Crippen LogP contribution in [0.15, 0.2) is 24.8 Å². The summed E-state index contributed by atoms with van der Waals surface area (Å²) >= 11 is 1.29. The number of urea groups is 1. The van der Waals surface area contributed by atoms with Crippen LogP contribution in [0.3, 0.4) is 0 Å². The second kappa shape index (κ2) is 7.80. The molecule has 2 N–H and O–H groups in total. The standard InChI is InChI=1S/C17H18N6O3S/c1-2-20-16(24)23-17-21-13-5-12(10-6-18-9-19-7-10)14(22-15(13)27-17)26-11-3-4-25-8-11/h5-7,9,11H,2-4,8H2,1H3,(H2,20,21,23,24). The van der Waals surface area contributed by atoms with Gasteiger partial charge >= 0.3 is 6.03 Å².